The van der Waals surface area contributed by atoms with Crippen molar-refractivity contribution < 1.29 is 13.2 Å². The highest BCUT2D eigenvalue weighted by Gasteiger charge is 2.29. The lowest BCUT2D eigenvalue weighted by atomic mass is 10.1. The maximum Gasteiger partial charge on any atom is 0.177 e. The van der Waals surface area contributed by atoms with Crippen molar-refractivity contribution in [1.82, 2.24) is 0 Å². The van der Waals surface area contributed by atoms with Gasteiger partial charge < -0.3 is 10.6 Å². The van der Waals surface area contributed by atoms with E-state index in [0.29, 0.717) is 23.0 Å². The lowest BCUT2D eigenvalue weighted by Crippen LogP contribution is -2.40. The third-order valence-electron chi connectivity index (χ3n) is 3.42. The fraction of sp³-hybridized carbons (Fsp3) is 0.538. The highest BCUT2D eigenvalue weighted by atomic mass is 32.2. The molecule has 0 spiro atoms. The van der Waals surface area contributed by atoms with E-state index in [0.717, 1.165) is 0 Å². The summed E-state index contributed by atoms with van der Waals surface area (Å²) in [6.07, 6.45) is 0. The van der Waals surface area contributed by atoms with Gasteiger partial charge in [0.05, 0.1) is 22.1 Å². The molecular weight excluding hydrogens is 310 g/mol. The molecule has 1 aliphatic rings. The number of carbonyl (C=O) groups excluding carboxylic acids is 1. The van der Waals surface area contributed by atoms with Gasteiger partial charge in [0.1, 0.15) is 16.6 Å². The largest absolute Gasteiger partial charge is 0.396 e. The molecule has 0 aliphatic carbocycles. The van der Waals surface area contributed by atoms with Crippen LogP contribution in [0.2, 0.25) is 0 Å². The van der Waals surface area contributed by atoms with Crippen LogP contribution in [0, 0.1) is 17.2 Å². The number of nitrogen functional groups attached to an aromatic ring is 1. The summed E-state index contributed by atoms with van der Waals surface area (Å²) in [6.45, 7) is 4.21. The molecule has 1 aromatic heterocycles. The van der Waals surface area contributed by atoms with Crippen molar-refractivity contribution in [1.29, 1.82) is 5.26 Å². The summed E-state index contributed by atoms with van der Waals surface area (Å²) in [6, 6.07) is 2.04. The van der Waals surface area contributed by atoms with E-state index in [9.17, 15) is 18.5 Å². The number of thiophene rings is 1. The van der Waals surface area contributed by atoms with Crippen LogP contribution in [0.1, 0.15) is 29.1 Å². The molecule has 0 saturated carbocycles. The number of anilines is 2. The van der Waals surface area contributed by atoms with Crippen molar-refractivity contribution >= 4 is 37.6 Å². The van der Waals surface area contributed by atoms with Crippen molar-refractivity contribution in [2.45, 2.75) is 13.8 Å². The summed E-state index contributed by atoms with van der Waals surface area (Å²) >= 11 is 1.19. The van der Waals surface area contributed by atoms with Crippen LogP contribution in [0.5, 0.6) is 0 Å². The Balaban J connectivity index is 2.39. The number of hydrogen-bond donors (Lipinski definition) is 1. The van der Waals surface area contributed by atoms with Crippen LogP contribution in [0.4, 0.5) is 10.7 Å². The Morgan fingerprint density at radius 1 is 1.38 bits per heavy atom. The highest BCUT2D eigenvalue weighted by Crippen LogP contribution is 2.39. The fourth-order valence-corrected chi connectivity index (χ4v) is 4.64. The lowest BCUT2D eigenvalue weighted by Gasteiger charge is -2.27. The topological polar surface area (TPSA) is 104 Å². The number of Topliss-reactive ketones (excluding diaryl/α,β-unsaturated/α-hetero) is 1. The quantitative estimate of drug-likeness (QED) is 0.839. The van der Waals surface area contributed by atoms with E-state index < -0.39 is 9.84 Å². The number of nitrogens with zero attached hydrogens (tertiary/aromatic N) is 2. The number of sulfone groups is 1. The summed E-state index contributed by atoms with van der Waals surface area (Å²) in [5.74, 6) is -0.177. The van der Waals surface area contributed by atoms with E-state index in [-0.39, 0.29) is 34.5 Å². The Bertz CT molecular complexity index is 700. The van der Waals surface area contributed by atoms with E-state index in [1.54, 1.807) is 13.8 Å². The maximum atomic E-state index is 12.1. The van der Waals surface area contributed by atoms with Gasteiger partial charge in [-0.1, -0.05) is 13.8 Å². The van der Waals surface area contributed by atoms with Gasteiger partial charge in [-0.2, -0.15) is 5.26 Å². The standard InChI is InChI=1S/C13H17N3O3S2/c1-8(2)11(17)12-10(15)9(7-14)13(20-12)16-3-5-21(18,19)6-4-16/h8H,3-6,15H2,1-2H3. The Morgan fingerprint density at radius 2 is 1.95 bits per heavy atom. The first-order chi connectivity index (χ1) is 9.76. The van der Waals surface area contributed by atoms with E-state index in [2.05, 4.69) is 0 Å². The Kier molecular flexibility index (Phi) is 4.25. The fourth-order valence-electron chi connectivity index (χ4n) is 2.12. The molecule has 6 nitrogen and oxygen atoms in total. The first-order valence-corrected chi connectivity index (χ1v) is 9.22. The number of rotatable bonds is 3. The third-order valence-corrected chi connectivity index (χ3v) is 6.31. The van der Waals surface area contributed by atoms with Crippen LogP contribution in [-0.4, -0.2) is 38.8 Å². The number of carbonyl (C=O) groups is 1. The zero-order chi connectivity index (χ0) is 15.8. The summed E-state index contributed by atoms with van der Waals surface area (Å²) in [4.78, 5) is 14.4. The second-order valence-corrected chi connectivity index (χ2v) is 8.60. The average Bonchev–Trinajstić information content (AvgIpc) is 2.74. The van der Waals surface area contributed by atoms with Crippen LogP contribution < -0.4 is 10.6 Å². The zero-order valence-electron chi connectivity index (χ0n) is 11.9. The predicted octanol–water partition coefficient (Wildman–Crippen LogP) is 1.28. The minimum Gasteiger partial charge on any atom is -0.396 e. The molecule has 1 aromatic rings. The number of hydrogen-bond acceptors (Lipinski definition) is 7. The molecule has 1 saturated heterocycles. The minimum atomic E-state index is -2.99. The van der Waals surface area contributed by atoms with Gasteiger partial charge in [-0.3, -0.25) is 4.79 Å². The zero-order valence-corrected chi connectivity index (χ0v) is 13.6. The molecule has 0 unspecified atom stereocenters. The molecule has 1 fully saturated rings. The third kappa shape index (κ3) is 3.04. The van der Waals surface area contributed by atoms with Crippen LogP contribution in [0.15, 0.2) is 0 Å². The van der Waals surface area contributed by atoms with Gasteiger partial charge in [0.2, 0.25) is 0 Å². The first kappa shape index (κ1) is 15.8. The van der Waals surface area contributed by atoms with Crippen LogP contribution in [-0.2, 0) is 9.84 Å². The SMILES string of the molecule is CC(C)C(=O)c1sc(N2CCS(=O)(=O)CC2)c(C#N)c1N. The number of nitriles is 1. The Labute approximate surface area is 128 Å². The van der Waals surface area contributed by atoms with Crippen molar-refractivity contribution in [2.75, 3.05) is 35.2 Å². The van der Waals surface area contributed by atoms with Crippen LogP contribution in [0.3, 0.4) is 0 Å². The predicted molar refractivity (Wildman–Crippen MR) is 83.5 cm³/mol. The van der Waals surface area contributed by atoms with E-state index >= 15 is 0 Å². The molecule has 2 N–H and O–H groups in total. The molecule has 2 rings (SSSR count). The van der Waals surface area contributed by atoms with Gasteiger partial charge in [-0.15, -0.1) is 11.3 Å². The summed E-state index contributed by atoms with van der Waals surface area (Å²) in [5.41, 5.74) is 6.43. The monoisotopic (exact) mass is 327 g/mol. The molecule has 0 amide bonds. The summed E-state index contributed by atoms with van der Waals surface area (Å²) in [5, 5.41) is 9.89. The van der Waals surface area contributed by atoms with Crippen LogP contribution in [0.25, 0.3) is 0 Å². The molecule has 0 atom stereocenters. The summed E-state index contributed by atoms with van der Waals surface area (Å²) < 4.78 is 23.0. The van der Waals surface area contributed by atoms with Gasteiger partial charge in [0.25, 0.3) is 0 Å². The molecule has 0 bridgehead atoms. The van der Waals surface area contributed by atoms with Gasteiger partial charge >= 0.3 is 0 Å². The second kappa shape index (κ2) is 5.66. The molecule has 1 aliphatic heterocycles. The molecule has 114 valence electrons. The summed E-state index contributed by atoms with van der Waals surface area (Å²) in [7, 11) is -2.99. The average molecular weight is 327 g/mol. The Hall–Kier alpha value is -1.59. The van der Waals surface area contributed by atoms with Gasteiger partial charge in [-0.05, 0) is 0 Å². The maximum absolute atomic E-state index is 12.1. The Morgan fingerprint density at radius 3 is 2.43 bits per heavy atom. The highest BCUT2D eigenvalue weighted by molar-refractivity contribution is 7.91. The second-order valence-electron chi connectivity index (χ2n) is 5.29. The van der Waals surface area contributed by atoms with Gasteiger partial charge in [-0.25, -0.2) is 8.42 Å². The first-order valence-electron chi connectivity index (χ1n) is 6.58. The van der Waals surface area contributed by atoms with Gasteiger partial charge in [0, 0.05) is 19.0 Å². The molecule has 0 radical (unpaired) electrons. The molecule has 21 heavy (non-hydrogen) atoms. The van der Waals surface area contributed by atoms with E-state index in [1.807, 2.05) is 11.0 Å². The smallest absolute Gasteiger partial charge is 0.177 e. The van der Waals surface area contributed by atoms with E-state index in [1.165, 1.54) is 11.3 Å². The minimum absolute atomic E-state index is 0.0587. The van der Waals surface area contributed by atoms with Crippen molar-refractivity contribution in [3.8, 4) is 6.07 Å². The normalized spacial score (nSPS) is 17.7. The van der Waals surface area contributed by atoms with Crippen molar-refractivity contribution in [2.24, 2.45) is 5.92 Å². The van der Waals surface area contributed by atoms with Crippen molar-refractivity contribution in [3.63, 3.8) is 0 Å². The van der Waals surface area contributed by atoms with Gasteiger partial charge in [0.15, 0.2) is 15.6 Å². The molecule has 2 heterocycles. The molecule has 8 heteroatoms. The number of ketones is 1. The lowest BCUT2D eigenvalue weighted by molar-refractivity contribution is 0.0944. The van der Waals surface area contributed by atoms with Crippen molar-refractivity contribution in [3.05, 3.63) is 10.4 Å². The molecule has 0 aromatic carbocycles. The number of nitrogens with two attached hydrogens (primary N) is 1. The molecular formula is C13H17N3O3S2. The van der Waals surface area contributed by atoms with E-state index in [4.69, 9.17) is 5.73 Å². The van der Waals surface area contributed by atoms with Crippen LogP contribution >= 0.6 is 11.3 Å².